The topological polar surface area (TPSA) is 35.2 Å². The third kappa shape index (κ3) is 3.62. The molecule has 20 heavy (non-hydrogen) atoms. The van der Waals surface area contributed by atoms with Crippen molar-refractivity contribution in [3.8, 4) is 5.75 Å². The average Bonchev–Trinajstić information content (AvgIpc) is 2.39. The molecule has 2 unspecified atom stereocenters. The van der Waals surface area contributed by atoms with Crippen molar-refractivity contribution in [2.24, 2.45) is 5.73 Å². The zero-order chi connectivity index (χ0) is 14.7. The van der Waals surface area contributed by atoms with E-state index in [1.165, 1.54) is 5.56 Å². The van der Waals surface area contributed by atoms with E-state index in [1.807, 2.05) is 37.3 Å². The number of halogens is 2. The minimum atomic E-state index is -0.173. The largest absolute Gasteiger partial charge is 0.483 e. The van der Waals surface area contributed by atoms with Crippen molar-refractivity contribution in [3.63, 3.8) is 0 Å². The molecule has 2 nitrogen and oxygen atoms in total. The normalized spacial score (nSPS) is 13.8. The van der Waals surface area contributed by atoms with Gasteiger partial charge in [0.1, 0.15) is 11.9 Å². The summed E-state index contributed by atoms with van der Waals surface area (Å²) < 4.78 is 8.05. The van der Waals surface area contributed by atoms with Crippen LogP contribution in [0.15, 0.2) is 51.4 Å². The predicted octanol–water partition coefficient (Wildman–Crippen LogP) is 4.99. The minimum absolute atomic E-state index is 0.105. The Morgan fingerprint density at radius 2 is 1.80 bits per heavy atom. The highest BCUT2D eigenvalue weighted by Crippen LogP contribution is 2.33. The summed E-state index contributed by atoms with van der Waals surface area (Å²) in [5, 5.41) is 0. The molecule has 2 aromatic rings. The Hall–Kier alpha value is -0.840. The third-order valence-corrected chi connectivity index (χ3v) is 4.23. The summed E-state index contributed by atoms with van der Waals surface area (Å²) >= 11 is 6.96. The van der Waals surface area contributed by atoms with Gasteiger partial charge in [0, 0.05) is 10.5 Å². The van der Waals surface area contributed by atoms with Crippen LogP contribution in [0.4, 0.5) is 0 Å². The van der Waals surface area contributed by atoms with Crippen LogP contribution in [-0.4, -0.2) is 6.04 Å². The molecule has 106 valence electrons. The van der Waals surface area contributed by atoms with Gasteiger partial charge < -0.3 is 10.5 Å². The smallest absolute Gasteiger partial charge is 0.139 e. The zero-order valence-corrected chi connectivity index (χ0v) is 14.6. The van der Waals surface area contributed by atoms with Crippen LogP contribution in [0.1, 0.15) is 24.2 Å². The van der Waals surface area contributed by atoms with E-state index in [2.05, 4.69) is 50.9 Å². The zero-order valence-electron chi connectivity index (χ0n) is 11.4. The molecule has 0 aliphatic rings. The van der Waals surface area contributed by atoms with Gasteiger partial charge in [0.15, 0.2) is 0 Å². The molecule has 2 N–H and O–H groups in total. The third-order valence-electron chi connectivity index (χ3n) is 3.12. The van der Waals surface area contributed by atoms with Gasteiger partial charge in [0.25, 0.3) is 0 Å². The van der Waals surface area contributed by atoms with Crippen LogP contribution < -0.4 is 10.5 Å². The van der Waals surface area contributed by atoms with Crippen LogP contribution in [0.25, 0.3) is 0 Å². The average molecular weight is 399 g/mol. The monoisotopic (exact) mass is 397 g/mol. The summed E-state index contributed by atoms with van der Waals surface area (Å²) in [6, 6.07) is 13.9. The number of hydrogen-bond acceptors (Lipinski definition) is 2. The first-order valence-corrected chi connectivity index (χ1v) is 8.00. The van der Waals surface area contributed by atoms with E-state index in [4.69, 9.17) is 10.5 Å². The first-order chi connectivity index (χ1) is 9.49. The molecular weight excluding hydrogens is 382 g/mol. The molecule has 0 aromatic heterocycles. The van der Waals surface area contributed by atoms with E-state index in [1.54, 1.807) is 0 Å². The second kappa shape index (κ2) is 6.74. The van der Waals surface area contributed by atoms with E-state index in [-0.39, 0.29) is 12.1 Å². The van der Waals surface area contributed by atoms with Crippen molar-refractivity contribution in [1.29, 1.82) is 0 Å². The maximum Gasteiger partial charge on any atom is 0.139 e. The number of ether oxygens (including phenoxy) is 1. The molecule has 2 rings (SSSR count). The van der Waals surface area contributed by atoms with Gasteiger partial charge in [-0.1, -0.05) is 40.2 Å². The van der Waals surface area contributed by atoms with Crippen molar-refractivity contribution < 1.29 is 4.74 Å². The number of rotatable bonds is 4. The van der Waals surface area contributed by atoms with Crippen molar-refractivity contribution >= 4 is 31.9 Å². The van der Waals surface area contributed by atoms with E-state index in [0.717, 1.165) is 20.3 Å². The Labute approximate surface area is 136 Å². The summed E-state index contributed by atoms with van der Waals surface area (Å²) in [7, 11) is 0. The molecule has 0 bridgehead atoms. The van der Waals surface area contributed by atoms with Gasteiger partial charge in [0.05, 0.1) is 4.47 Å². The fraction of sp³-hybridized carbons (Fsp3) is 0.250. The van der Waals surface area contributed by atoms with Crippen LogP contribution in [-0.2, 0) is 0 Å². The van der Waals surface area contributed by atoms with Crippen LogP contribution >= 0.6 is 31.9 Å². The molecule has 0 fully saturated rings. The number of nitrogens with two attached hydrogens (primary N) is 1. The van der Waals surface area contributed by atoms with Gasteiger partial charge in [-0.15, -0.1) is 0 Å². The lowest BCUT2D eigenvalue weighted by Gasteiger charge is -2.25. The summed E-state index contributed by atoms with van der Waals surface area (Å²) in [5.41, 5.74) is 8.42. The number of aryl methyl sites for hydroxylation is 1. The van der Waals surface area contributed by atoms with Crippen LogP contribution in [0.5, 0.6) is 5.75 Å². The second-order valence-corrected chi connectivity index (χ2v) is 6.60. The molecule has 0 radical (unpaired) electrons. The van der Waals surface area contributed by atoms with E-state index >= 15 is 0 Å². The molecule has 2 atom stereocenters. The van der Waals surface area contributed by atoms with E-state index < -0.39 is 0 Å². The summed E-state index contributed by atoms with van der Waals surface area (Å²) in [6.45, 7) is 4.04. The Morgan fingerprint density at radius 3 is 2.40 bits per heavy atom. The lowest BCUT2D eigenvalue weighted by atomic mass is 9.99. The number of benzene rings is 2. The molecule has 0 amide bonds. The maximum atomic E-state index is 6.14. The van der Waals surface area contributed by atoms with Gasteiger partial charge in [0.2, 0.25) is 0 Å². The molecule has 0 saturated heterocycles. The molecule has 0 aliphatic heterocycles. The Bertz CT molecular complexity index is 599. The molecule has 0 saturated carbocycles. The minimum Gasteiger partial charge on any atom is -0.483 e. The highest BCUT2D eigenvalue weighted by atomic mass is 79.9. The quantitative estimate of drug-likeness (QED) is 0.787. The summed E-state index contributed by atoms with van der Waals surface area (Å²) in [5.74, 6) is 0.791. The Kier molecular flexibility index (Phi) is 5.24. The SMILES string of the molecule is Cc1ccccc1C(Oc1ccc(Br)cc1Br)C(C)N. The van der Waals surface area contributed by atoms with Gasteiger partial charge in [-0.05, 0) is 59.1 Å². The Balaban J connectivity index is 2.33. The lowest BCUT2D eigenvalue weighted by molar-refractivity contribution is 0.178. The van der Waals surface area contributed by atoms with Crippen molar-refractivity contribution in [1.82, 2.24) is 0 Å². The Morgan fingerprint density at radius 1 is 1.10 bits per heavy atom. The standard InChI is InChI=1S/C16H17Br2NO/c1-10-5-3-4-6-13(10)16(11(2)19)20-15-8-7-12(17)9-14(15)18/h3-9,11,16H,19H2,1-2H3. The lowest BCUT2D eigenvalue weighted by Crippen LogP contribution is -2.29. The highest BCUT2D eigenvalue weighted by Gasteiger charge is 2.20. The van der Waals surface area contributed by atoms with Gasteiger partial charge in [-0.2, -0.15) is 0 Å². The highest BCUT2D eigenvalue weighted by molar-refractivity contribution is 9.11. The molecule has 0 aliphatic carbocycles. The predicted molar refractivity (Wildman–Crippen MR) is 90.0 cm³/mol. The van der Waals surface area contributed by atoms with E-state index in [9.17, 15) is 0 Å². The first kappa shape index (κ1) is 15.5. The summed E-state index contributed by atoms with van der Waals surface area (Å²) in [6.07, 6.45) is -0.173. The van der Waals surface area contributed by atoms with Crippen LogP contribution in [0, 0.1) is 6.92 Å². The molecule has 4 heteroatoms. The van der Waals surface area contributed by atoms with Crippen molar-refractivity contribution in [3.05, 3.63) is 62.5 Å². The van der Waals surface area contributed by atoms with Crippen LogP contribution in [0.3, 0.4) is 0 Å². The second-order valence-electron chi connectivity index (χ2n) is 4.83. The summed E-state index contributed by atoms with van der Waals surface area (Å²) in [4.78, 5) is 0. The fourth-order valence-corrected chi connectivity index (χ4v) is 3.21. The van der Waals surface area contributed by atoms with Gasteiger partial charge in [-0.3, -0.25) is 0 Å². The van der Waals surface area contributed by atoms with Gasteiger partial charge >= 0.3 is 0 Å². The van der Waals surface area contributed by atoms with Crippen molar-refractivity contribution in [2.75, 3.05) is 0 Å². The van der Waals surface area contributed by atoms with E-state index in [0.29, 0.717) is 0 Å². The van der Waals surface area contributed by atoms with Crippen molar-refractivity contribution in [2.45, 2.75) is 26.0 Å². The van der Waals surface area contributed by atoms with Crippen LogP contribution in [0.2, 0.25) is 0 Å². The molecular formula is C16H17Br2NO. The number of hydrogen-bond donors (Lipinski definition) is 1. The molecule has 0 heterocycles. The van der Waals surface area contributed by atoms with Gasteiger partial charge in [-0.25, -0.2) is 0 Å². The molecule has 2 aromatic carbocycles. The fourth-order valence-electron chi connectivity index (χ4n) is 2.07. The molecule has 0 spiro atoms. The first-order valence-electron chi connectivity index (χ1n) is 6.42. The maximum absolute atomic E-state index is 6.14.